The number of ether oxygens (including phenoxy) is 1. The Morgan fingerprint density at radius 2 is 1.81 bits per heavy atom. The van der Waals surface area contributed by atoms with Crippen LogP contribution in [0.5, 0.6) is 5.75 Å². The number of anilines is 1. The third-order valence-electron chi connectivity index (χ3n) is 5.58. The fraction of sp³-hybridized carbons (Fsp3) is 0.250. The van der Waals surface area contributed by atoms with Crippen molar-refractivity contribution in [3.05, 3.63) is 65.9 Å². The van der Waals surface area contributed by atoms with E-state index in [-0.39, 0.29) is 5.91 Å². The molecule has 8 heteroatoms. The largest absolute Gasteiger partial charge is 0.494 e. The highest BCUT2D eigenvalue weighted by Gasteiger charge is 2.23. The highest BCUT2D eigenvalue weighted by Crippen LogP contribution is 2.25. The molecular weight excluding hydrogens is 422 g/mol. The molecule has 0 unspecified atom stereocenters. The lowest BCUT2D eigenvalue weighted by atomic mass is 10.1. The number of aromatic nitrogens is 3. The van der Waals surface area contributed by atoms with Crippen molar-refractivity contribution in [1.82, 2.24) is 19.9 Å². The van der Waals surface area contributed by atoms with Gasteiger partial charge in [0.1, 0.15) is 17.9 Å². The monoisotopic (exact) mass is 445 g/mol. The molecule has 0 saturated carbocycles. The van der Waals surface area contributed by atoms with Crippen molar-refractivity contribution in [2.24, 2.45) is 0 Å². The Balaban J connectivity index is 1.26. The van der Waals surface area contributed by atoms with Gasteiger partial charge >= 0.3 is 0 Å². The van der Waals surface area contributed by atoms with E-state index in [1.54, 1.807) is 23.2 Å². The van der Waals surface area contributed by atoms with Gasteiger partial charge in [0.25, 0.3) is 5.91 Å². The van der Waals surface area contributed by atoms with E-state index >= 15 is 0 Å². The number of nitrogens with zero attached hydrogens (tertiary/aromatic N) is 5. The first-order chi connectivity index (χ1) is 15.7. The number of carbonyl (C=O) groups excluding carboxylic acids is 1. The fourth-order valence-corrected chi connectivity index (χ4v) is 4.59. The Labute approximate surface area is 190 Å². The van der Waals surface area contributed by atoms with E-state index < -0.39 is 0 Å². The standard InChI is InChI=1S/C24H23N5O2S/c1-2-31-19-6-3-17(4-7-19)21-14-23(26-15-25-21)28-9-11-29(12-10-28)24(30)18-5-8-20-22(13-18)32-16-27-20/h3-8,13-16H,2,9-12H2,1H3. The molecule has 0 N–H and O–H groups in total. The van der Waals surface area contributed by atoms with Crippen molar-refractivity contribution in [2.75, 3.05) is 37.7 Å². The van der Waals surface area contributed by atoms with E-state index in [0.717, 1.165) is 51.7 Å². The summed E-state index contributed by atoms with van der Waals surface area (Å²) in [4.78, 5) is 30.3. The SMILES string of the molecule is CCOc1ccc(-c2cc(N3CCN(C(=O)c4ccc5ncsc5c4)CC3)ncn2)cc1. The lowest BCUT2D eigenvalue weighted by Gasteiger charge is -2.35. The maximum Gasteiger partial charge on any atom is 0.254 e. The van der Waals surface area contributed by atoms with Gasteiger partial charge in [-0.25, -0.2) is 15.0 Å². The minimum absolute atomic E-state index is 0.0673. The average molecular weight is 446 g/mol. The molecule has 3 heterocycles. The molecule has 0 bridgehead atoms. The summed E-state index contributed by atoms with van der Waals surface area (Å²) in [7, 11) is 0. The highest BCUT2D eigenvalue weighted by molar-refractivity contribution is 7.16. The van der Waals surface area contributed by atoms with Crippen LogP contribution >= 0.6 is 11.3 Å². The van der Waals surface area contributed by atoms with E-state index in [1.807, 2.05) is 60.4 Å². The van der Waals surface area contributed by atoms with Crippen LogP contribution in [0.15, 0.2) is 60.4 Å². The molecule has 1 amide bonds. The van der Waals surface area contributed by atoms with E-state index in [4.69, 9.17) is 4.74 Å². The second-order valence-corrected chi connectivity index (χ2v) is 8.42. The summed E-state index contributed by atoms with van der Waals surface area (Å²) < 4.78 is 6.56. The van der Waals surface area contributed by atoms with E-state index in [0.29, 0.717) is 19.7 Å². The van der Waals surface area contributed by atoms with Crippen molar-refractivity contribution in [1.29, 1.82) is 0 Å². The van der Waals surface area contributed by atoms with E-state index in [2.05, 4.69) is 19.9 Å². The summed E-state index contributed by atoms with van der Waals surface area (Å²) >= 11 is 1.55. The number of piperazine rings is 1. The predicted molar refractivity (Wildman–Crippen MR) is 126 cm³/mol. The summed E-state index contributed by atoms with van der Waals surface area (Å²) in [5, 5.41) is 0. The Morgan fingerprint density at radius 3 is 2.59 bits per heavy atom. The number of fused-ring (bicyclic) bond motifs is 1. The maximum absolute atomic E-state index is 13.0. The molecule has 7 nitrogen and oxygen atoms in total. The van der Waals surface area contributed by atoms with E-state index in [1.165, 1.54) is 0 Å². The van der Waals surface area contributed by atoms with Crippen molar-refractivity contribution in [3.8, 4) is 17.0 Å². The van der Waals surface area contributed by atoms with Gasteiger partial charge in [0.05, 0.1) is 28.0 Å². The highest BCUT2D eigenvalue weighted by atomic mass is 32.1. The Bertz CT molecular complexity index is 1230. The average Bonchev–Trinajstić information content (AvgIpc) is 3.32. The quantitative estimate of drug-likeness (QED) is 0.460. The fourth-order valence-electron chi connectivity index (χ4n) is 3.88. The molecule has 0 aliphatic carbocycles. The third kappa shape index (κ3) is 4.13. The van der Waals surface area contributed by atoms with Crippen LogP contribution in [0.4, 0.5) is 5.82 Å². The summed E-state index contributed by atoms with van der Waals surface area (Å²) in [6.45, 7) is 5.38. The zero-order chi connectivity index (χ0) is 21.9. The molecule has 1 aliphatic heterocycles. The van der Waals surface area contributed by atoms with Crippen molar-refractivity contribution >= 4 is 33.3 Å². The number of rotatable bonds is 5. The molecule has 5 rings (SSSR count). The Morgan fingerprint density at radius 1 is 1.00 bits per heavy atom. The van der Waals surface area contributed by atoms with Crippen LogP contribution in [0, 0.1) is 0 Å². The van der Waals surface area contributed by atoms with Crippen molar-refractivity contribution in [3.63, 3.8) is 0 Å². The van der Waals surface area contributed by atoms with Crippen LogP contribution < -0.4 is 9.64 Å². The van der Waals surface area contributed by atoms with Crippen LogP contribution in [0.25, 0.3) is 21.5 Å². The lowest BCUT2D eigenvalue weighted by molar-refractivity contribution is 0.0746. The van der Waals surface area contributed by atoms with Crippen LogP contribution in [0.3, 0.4) is 0 Å². The van der Waals surface area contributed by atoms with Gasteiger partial charge in [-0.1, -0.05) is 0 Å². The van der Waals surface area contributed by atoms with Crippen LogP contribution in [-0.4, -0.2) is 58.5 Å². The summed E-state index contributed by atoms with van der Waals surface area (Å²) in [5.74, 6) is 1.79. The first-order valence-corrected chi connectivity index (χ1v) is 11.5. The molecule has 0 atom stereocenters. The molecule has 2 aromatic carbocycles. The van der Waals surface area contributed by atoms with Gasteiger partial charge in [0, 0.05) is 43.4 Å². The number of hydrogen-bond acceptors (Lipinski definition) is 7. The smallest absolute Gasteiger partial charge is 0.254 e. The number of amides is 1. The first-order valence-electron chi connectivity index (χ1n) is 10.6. The summed E-state index contributed by atoms with van der Waals surface area (Å²) in [6.07, 6.45) is 1.60. The minimum Gasteiger partial charge on any atom is -0.494 e. The van der Waals surface area contributed by atoms with Gasteiger partial charge in [-0.05, 0) is 49.4 Å². The van der Waals surface area contributed by atoms with Crippen molar-refractivity contribution in [2.45, 2.75) is 6.92 Å². The zero-order valence-electron chi connectivity index (χ0n) is 17.8. The van der Waals surface area contributed by atoms with Gasteiger partial charge < -0.3 is 14.5 Å². The van der Waals surface area contributed by atoms with Gasteiger partial charge in [-0.2, -0.15) is 0 Å². The summed E-state index contributed by atoms with van der Waals surface area (Å²) in [5.41, 5.74) is 5.35. The number of thiazole rings is 1. The topological polar surface area (TPSA) is 71.5 Å². The van der Waals surface area contributed by atoms with Gasteiger partial charge in [-0.15, -0.1) is 11.3 Å². The summed E-state index contributed by atoms with van der Waals surface area (Å²) in [6, 6.07) is 15.6. The second kappa shape index (κ2) is 8.92. The van der Waals surface area contributed by atoms with E-state index in [9.17, 15) is 4.79 Å². The normalized spacial score (nSPS) is 14.0. The first kappa shape index (κ1) is 20.4. The van der Waals surface area contributed by atoms with Crippen molar-refractivity contribution < 1.29 is 9.53 Å². The Kier molecular flexibility index (Phi) is 5.68. The molecule has 1 saturated heterocycles. The molecule has 1 aliphatic rings. The predicted octanol–water partition coefficient (Wildman–Crippen LogP) is 4.11. The van der Waals surface area contributed by atoms with Gasteiger partial charge in [-0.3, -0.25) is 4.79 Å². The lowest BCUT2D eigenvalue weighted by Crippen LogP contribution is -2.49. The van der Waals surface area contributed by atoms with Crippen LogP contribution in [0.2, 0.25) is 0 Å². The van der Waals surface area contributed by atoms with Crippen LogP contribution in [0.1, 0.15) is 17.3 Å². The molecular formula is C24H23N5O2S. The number of carbonyl (C=O) groups is 1. The molecule has 0 radical (unpaired) electrons. The second-order valence-electron chi connectivity index (χ2n) is 7.53. The molecule has 4 aromatic rings. The van der Waals surface area contributed by atoms with Crippen LogP contribution in [-0.2, 0) is 0 Å². The maximum atomic E-state index is 13.0. The minimum atomic E-state index is 0.0673. The zero-order valence-corrected chi connectivity index (χ0v) is 18.6. The molecule has 2 aromatic heterocycles. The molecule has 0 spiro atoms. The molecule has 1 fully saturated rings. The number of hydrogen-bond donors (Lipinski definition) is 0. The Hall–Kier alpha value is -3.52. The molecule has 32 heavy (non-hydrogen) atoms. The van der Waals surface area contributed by atoms with Gasteiger partial charge in [0.2, 0.25) is 0 Å². The molecule has 162 valence electrons. The van der Waals surface area contributed by atoms with Gasteiger partial charge in [0.15, 0.2) is 0 Å². The number of benzene rings is 2. The third-order valence-corrected chi connectivity index (χ3v) is 6.37.